The second kappa shape index (κ2) is 17.0. The van der Waals surface area contributed by atoms with Crippen LogP contribution in [0.15, 0.2) is 84.9 Å². The number of amides is 4. The largest absolute Gasteiger partial charge is 0.508 e. The predicted octanol–water partition coefficient (Wildman–Crippen LogP) is 6.77. The summed E-state index contributed by atoms with van der Waals surface area (Å²) in [4.78, 5) is 57.8. The van der Waals surface area contributed by atoms with Crippen LogP contribution in [0, 0.1) is 5.41 Å². The number of nitrogens with one attached hydrogen (secondary N) is 2. The van der Waals surface area contributed by atoms with Crippen molar-refractivity contribution < 1.29 is 29.0 Å². The number of piperidine rings is 1. The Kier molecular flexibility index (Phi) is 11.3. The van der Waals surface area contributed by atoms with Crippen LogP contribution in [0.3, 0.4) is 0 Å². The monoisotopic (exact) mass is 823 g/mol. The van der Waals surface area contributed by atoms with Gasteiger partial charge in [-0.1, -0.05) is 74.9 Å². The van der Waals surface area contributed by atoms with Gasteiger partial charge in [0.2, 0.25) is 17.7 Å². The van der Waals surface area contributed by atoms with Gasteiger partial charge in [0.1, 0.15) is 17.5 Å². The molecule has 0 aromatic heterocycles. The number of aryl methyl sites for hydroxylation is 2. The molecule has 4 amide bonds. The normalized spacial score (nSPS) is 23.3. The number of carbonyl (C=O) groups is 4. The van der Waals surface area contributed by atoms with Crippen LogP contribution in [-0.2, 0) is 33.8 Å². The Labute approximate surface area is 358 Å². The zero-order valence-electron chi connectivity index (χ0n) is 35.3. The maximum absolute atomic E-state index is 13.9. The van der Waals surface area contributed by atoms with E-state index in [1.54, 1.807) is 4.90 Å². The van der Waals surface area contributed by atoms with Crippen LogP contribution in [0.2, 0.25) is 0 Å². The zero-order valence-corrected chi connectivity index (χ0v) is 35.3. The molecule has 0 saturated carbocycles. The van der Waals surface area contributed by atoms with E-state index in [1.165, 1.54) is 22.3 Å². The van der Waals surface area contributed by atoms with Crippen molar-refractivity contribution in [1.82, 2.24) is 20.0 Å². The molecular formula is C50H57N5O6. The number of ether oxygens (including phenoxy) is 1. The average Bonchev–Trinajstić information content (AvgIpc) is 3.56. The average molecular weight is 824 g/mol. The molecule has 3 atom stereocenters. The van der Waals surface area contributed by atoms with Gasteiger partial charge in [0.05, 0.1) is 25.7 Å². The molecule has 1 unspecified atom stereocenters. The van der Waals surface area contributed by atoms with Gasteiger partial charge in [0.25, 0.3) is 5.91 Å². The fourth-order valence-corrected chi connectivity index (χ4v) is 10.3. The number of nitrogens with zero attached hydrogens (tertiary/aromatic N) is 3. The van der Waals surface area contributed by atoms with Crippen molar-refractivity contribution in [3.05, 3.63) is 124 Å². The third-order valence-corrected chi connectivity index (χ3v) is 13.5. The van der Waals surface area contributed by atoms with Gasteiger partial charge in [0, 0.05) is 60.7 Å². The molecule has 2 fully saturated rings. The number of benzene rings is 4. The third-order valence-electron chi connectivity index (χ3n) is 13.5. The summed E-state index contributed by atoms with van der Waals surface area (Å²) >= 11 is 0. The fourth-order valence-electron chi connectivity index (χ4n) is 10.3. The molecule has 3 N–H and O–H groups in total. The number of fused-ring (bicyclic) bond motifs is 4. The molecule has 0 spiro atoms. The van der Waals surface area contributed by atoms with E-state index in [9.17, 15) is 24.3 Å². The third kappa shape index (κ3) is 8.62. The molecule has 0 radical (unpaired) electrons. The van der Waals surface area contributed by atoms with Crippen LogP contribution in [0.5, 0.6) is 11.5 Å². The number of rotatable bonds is 7. The van der Waals surface area contributed by atoms with E-state index in [-0.39, 0.29) is 48.1 Å². The number of imide groups is 1. The lowest BCUT2D eigenvalue weighted by Crippen LogP contribution is -2.58. The van der Waals surface area contributed by atoms with Gasteiger partial charge in [0.15, 0.2) is 0 Å². The quantitative estimate of drug-likeness (QED) is 0.174. The Morgan fingerprint density at radius 1 is 0.869 bits per heavy atom. The first-order chi connectivity index (χ1) is 29.5. The number of hydrogen-bond acceptors (Lipinski definition) is 8. The maximum atomic E-state index is 13.9. The molecular weight excluding hydrogens is 767 g/mol. The van der Waals surface area contributed by atoms with Crippen molar-refractivity contribution in [1.29, 1.82) is 0 Å². The molecule has 4 heterocycles. The molecule has 11 heteroatoms. The highest BCUT2D eigenvalue weighted by molar-refractivity contribution is 6.05. The molecule has 0 bridgehead atoms. The van der Waals surface area contributed by atoms with Gasteiger partial charge < -0.3 is 25.0 Å². The Bertz CT molecular complexity index is 2310. The highest BCUT2D eigenvalue weighted by Crippen LogP contribution is 2.47. The minimum absolute atomic E-state index is 0.133. The van der Waals surface area contributed by atoms with E-state index in [1.807, 2.05) is 29.2 Å². The molecule has 1 aliphatic carbocycles. The van der Waals surface area contributed by atoms with Crippen LogP contribution in [0.1, 0.15) is 108 Å². The minimum atomic E-state index is -0.684. The Balaban J connectivity index is 0.807. The van der Waals surface area contributed by atoms with Gasteiger partial charge in [-0.25, -0.2) is 0 Å². The Hall–Kier alpha value is -5.68. The molecule has 9 rings (SSSR count). The summed E-state index contributed by atoms with van der Waals surface area (Å²) < 4.78 is 6.65. The van der Waals surface area contributed by atoms with E-state index in [0.29, 0.717) is 49.9 Å². The van der Waals surface area contributed by atoms with Gasteiger partial charge in [-0.2, -0.15) is 0 Å². The highest BCUT2D eigenvalue weighted by atomic mass is 16.5. The molecule has 4 aromatic rings. The number of phenolic OH excluding ortho intramolecular Hbond substituents is 1. The topological polar surface area (TPSA) is 132 Å². The summed E-state index contributed by atoms with van der Waals surface area (Å²) in [6.07, 6.45) is 6.08. The summed E-state index contributed by atoms with van der Waals surface area (Å²) in [5, 5.41) is 16.3. The van der Waals surface area contributed by atoms with Crippen LogP contribution in [0.4, 0.5) is 5.69 Å². The van der Waals surface area contributed by atoms with Crippen molar-refractivity contribution in [3.8, 4) is 11.5 Å². The van der Waals surface area contributed by atoms with Gasteiger partial charge >= 0.3 is 0 Å². The van der Waals surface area contributed by atoms with Crippen molar-refractivity contribution in [2.45, 2.75) is 95.7 Å². The second-order valence-corrected chi connectivity index (χ2v) is 18.6. The first kappa shape index (κ1) is 40.7. The number of phenols is 1. The summed E-state index contributed by atoms with van der Waals surface area (Å²) in [7, 11) is 0. The molecule has 5 aliphatic rings. The second-order valence-electron chi connectivity index (χ2n) is 18.6. The van der Waals surface area contributed by atoms with E-state index in [0.717, 1.165) is 74.2 Å². The van der Waals surface area contributed by atoms with Gasteiger partial charge in [-0.05, 0) is 103 Å². The smallest absolute Gasteiger partial charge is 0.255 e. The predicted molar refractivity (Wildman–Crippen MR) is 234 cm³/mol. The van der Waals surface area contributed by atoms with Gasteiger partial charge in [-0.15, -0.1) is 0 Å². The lowest BCUT2D eigenvalue weighted by atomic mass is 9.69. The van der Waals surface area contributed by atoms with Gasteiger partial charge in [-0.3, -0.25) is 29.4 Å². The lowest BCUT2D eigenvalue weighted by molar-refractivity contribution is -0.137. The number of aromatic hydroxyl groups is 1. The van der Waals surface area contributed by atoms with Crippen molar-refractivity contribution in [2.24, 2.45) is 5.41 Å². The summed E-state index contributed by atoms with van der Waals surface area (Å²) in [5.41, 5.74) is 8.25. The van der Waals surface area contributed by atoms with Crippen LogP contribution in [-0.4, -0.2) is 94.8 Å². The maximum Gasteiger partial charge on any atom is 0.255 e. The van der Waals surface area contributed by atoms with Crippen molar-refractivity contribution in [3.63, 3.8) is 0 Å². The summed E-state index contributed by atoms with van der Waals surface area (Å²) in [5.74, 6) is 0.794. The van der Waals surface area contributed by atoms with Crippen molar-refractivity contribution in [2.75, 3.05) is 44.6 Å². The number of anilines is 1. The molecule has 2 saturated heterocycles. The van der Waals surface area contributed by atoms with Crippen LogP contribution < -0.4 is 15.4 Å². The molecule has 318 valence electrons. The number of likely N-dealkylation sites (tertiary alicyclic amines) is 1. The molecule has 61 heavy (non-hydrogen) atoms. The van der Waals surface area contributed by atoms with E-state index >= 15 is 0 Å². The van der Waals surface area contributed by atoms with Crippen molar-refractivity contribution >= 4 is 29.3 Å². The Morgan fingerprint density at radius 3 is 2.46 bits per heavy atom. The Morgan fingerprint density at radius 2 is 1.67 bits per heavy atom. The van der Waals surface area contributed by atoms with E-state index in [4.69, 9.17) is 4.74 Å². The molecule has 4 aliphatic heterocycles. The van der Waals surface area contributed by atoms with Crippen LogP contribution >= 0.6 is 0 Å². The SMILES string of the molecule is CC1(C)COc2c(ccc3c2CN(C2CCC(=O)NC2=O)C3=O)CCCCCN(C(=O)CN2CC(Nc3ccc([C@@H]4c5ccc(O)cc5CC[C@@H]4c4ccccc4)cc3)C2)C1. The summed E-state index contributed by atoms with van der Waals surface area (Å²) in [6, 6.07) is 28.9. The first-order valence-corrected chi connectivity index (χ1v) is 22.2. The van der Waals surface area contributed by atoms with Crippen LogP contribution in [0.25, 0.3) is 0 Å². The molecule has 4 aromatic carbocycles. The lowest BCUT2D eigenvalue weighted by Gasteiger charge is -2.41. The zero-order chi connectivity index (χ0) is 42.3. The number of hydrogen-bond donors (Lipinski definition) is 3. The highest BCUT2D eigenvalue weighted by Gasteiger charge is 2.41. The molecule has 11 nitrogen and oxygen atoms in total. The fraction of sp³-hybridized carbons (Fsp3) is 0.440. The minimum Gasteiger partial charge on any atom is -0.508 e. The van der Waals surface area contributed by atoms with E-state index < -0.39 is 11.9 Å². The number of carbonyl (C=O) groups excluding carboxylic acids is 4. The van der Waals surface area contributed by atoms with E-state index in [2.05, 4.69) is 90.0 Å². The standard InChI is InChI=1S/C50H57N5O6/c1-50(2)30-54(24-8-4-7-11-34-14-20-41-42(47(34)61-31-50)28-55(49(41)60)43-22-23-44(57)52-48(43)59)45(58)29-53-26-37(27-53)51-36-16-12-33(13-17-36)46-39(32-9-5-3-6-10-32)19-15-35-25-38(56)18-21-40(35)46/h3,5-6,9-10,12-14,16-18,20-21,25,37,39,43,46,51,56H,4,7-8,11,15,19,22-24,26-31H2,1-2H3,(H,52,57,59)/t39-,43?,46+/m1/s1. The summed E-state index contributed by atoms with van der Waals surface area (Å²) in [6.45, 7) is 8.09. The first-order valence-electron chi connectivity index (χ1n) is 22.2.